The molecule has 14 heavy (non-hydrogen) atoms. The number of aryl methyl sites for hydroxylation is 1. The van der Waals surface area contributed by atoms with Gasteiger partial charge in [0.05, 0.1) is 6.61 Å². The Hall–Kier alpha value is -1.58. The third kappa shape index (κ3) is 1.84. The average molecular weight is 196 g/mol. The number of esters is 1. The molecule has 0 atom stereocenters. The van der Waals surface area contributed by atoms with Crippen LogP contribution in [0, 0.1) is 13.8 Å². The van der Waals surface area contributed by atoms with Gasteiger partial charge in [0.2, 0.25) is 5.43 Å². The zero-order valence-electron chi connectivity index (χ0n) is 8.42. The van der Waals surface area contributed by atoms with E-state index in [-0.39, 0.29) is 17.6 Å². The molecule has 0 saturated heterocycles. The summed E-state index contributed by atoms with van der Waals surface area (Å²) in [6, 6.07) is 0. The number of rotatable bonds is 2. The molecule has 0 bridgehead atoms. The van der Waals surface area contributed by atoms with Crippen molar-refractivity contribution in [2.45, 2.75) is 20.8 Å². The Kier molecular flexibility index (Phi) is 3.06. The molecule has 0 aliphatic heterocycles. The molecule has 0 aromatic carbocycles. The Labute approximate surface area is 81.5 Å². The first-order valence-corrected chi connectivity index (χ1v) is 4.34. The molecule has 1 aromatic heterocycles. The summed E-state index contributed by atoms with van der Waals surface area (Å²) < 4.78 is 9.74. The largest absolute Gasteiger partial charge is 0.468 e. The van der Waals surface area contributed by atoms with E-state index in [1.807, 2.05) is 0 Å². The molecule has 0 fully saturated rings. The quantitative estimate of drug-likeness (QED) is 0.671. The molecule has 4 heteroatoms. The van der Waals surface area contributed by atoms with Crippen molar-refractivity contribution in [1.82, 2.24) is 0 Å². The summed E-state index contributed by atoms with van der Waals surface area (Å²) in [6.45, 7) is 5.21. The Morgan fingerprint density at radius 1 is 1.50 bits per heavy atom. The van der Waals surface area contributed by atoms with Gasteiger partial charge in [-0.05, 0) is 20.8 Å². The highest BCUT2D eigenvalue weighted by Gasteiger charge is 2.14. The van der Waals surface area contributed by atoms with E-state index in [2.05, 4.69) is 0 Å². The van der Waals surface area contributed by atoms with Gasteiger partial charge in [0, 0.05) is 5.56 Å². The van der Waals surface area contributed by atoms with Gasteiger partial charge in [-0.3, -0.25) is 4.79 Å². The normalized spacial score (nSPS) is 9.93. The Balaban J connectivity index is 3.18. The van der Waals surface area contributed by atoms with Gasteiger partial charge in [-0.2, -0.15) is 0 Å². The molecule has 0 radical (unpaired) electrons. The second-order valence-corrected chi connectivity index (χ2v) is 2.88. The lowest BCUT2D eigenvalue weighted by atomic mass is 10.2. The Morgan fingerprint density at radius 3 is 2.71 bits per heavy atom. The average Bonchev–Trinajstić information content (AvgIpc) is 2.15. The SMILES string of the molecule is CCOC(=O)c1coc(C)c(C)c1=O. The van der Waals surface area contributed by atoms with Gasteiger partial charge in [-0.25, -0.2) is 4.79 Å². The van der Waals surface area contributed by atoms with Crippen LogP contribution in [0.2, 0.25) is 0 Å². The van der Waals surface area contributed by atoms with Crippen molar-refractivity contribution in [2.24, 2.45) is 0 Å². The fraction of sp³-hybridized carbons (Fsp3) is 0.400. The second kappa shape index (κ2) is 4.09. The fourth-order valence-electron chi connectivity index (χ4n) is 1.00. The van der Waals surface area contributed by atoms with Gasteiger partial charge in [0.25, 0.3) is 0 Å². The summed E-state index contributed by atoms with van der Waals surface area (Å²) in [5, 5.41) is 0. The summed E-state index contributed by atoms with van der Waals surface area (Å²) in [6.07, 6.45) is 1.14. The third-order valence-electron chi connectivity index (χ3n) is 1.96. The van der Waals surface area contributed by atoms with E-state index in [9.17, 15) is 9.59 Å². The molecule has 76 valence electrons. The molecule has 0 amide bonds. The molecule has 0 unspecified atom stereocenters. The van der Waals surface area contributed by atoms with Crippen molar-refractivity contribution < 1.29 is 13.9 Å². The Bertz CT molecular complexity index is 403. The van der Waals surface area contributed by atoms with Crippen LogP contribution < -0.4 is 5.43 Å². The van der Waals surface area contributed by atoms with Gasteiger partial charge in [0.15, 0.2) is 0 Å². The van der Waals surface area contributed by atoms with Crippen LogP contribution in [0.4, 0.5) is 0 Å². The minimum atomic E-state index is -0.635. The van der Waals surface area contributed by atoms with Gasteiger partial charge in [-0.15, -0.1) is 0 Å². The van der Waals surface area contributed by atoms with E-state index in [4.69, 9.17) is 9.15 Å². The molecule has 1 aromatic rings. The van der Waals surface area contributed by atoms with Crippen LogP contribution in [0.3, 0.4) is 0 Å². The predicted octanol–water partition coefficient (Wildman–Crippen LogP) is 1.43. The van der Waals surface area contributed by atoms with Crippen molar-refractivity contribution in [3.63, 3.8) is 0 Å². The second-order valence-electron chi connectivity index (χ2n) is 2.88. The number of carbonyl (C=O) groups excluding carboxylic acids is 1. The molecule has 1 rings (SSSR count). The zero-order valence-corrected chi connectivity index (χ0v) is 8.42. The minimum absolute atomic E-state index is 0.0463. The van der Waals surface area contributed by atoms with Crippen LogP contribution in [0.5, 0.6) is 0 Å². The third-order valence-corrected chi connectivity index (χ3v) is 1.96. The number of hydrogen-bond acceptors (Lipinski definition) is 4. The topological polar surface area (TPSA) is 56.5 Å². The summed E-state index contributed by atoms with van der Waals surface area (Å²) >= 11 is 0. The van der Waals surface area contributed by atoms with Crippen LogP contribution >= 0.6 is 0 Å². The van der Waals surface area contributed by atoms with Crippen LogP contribution in [-0.2, 0) is 4.74 Å². The maximum Gasteiger partial charge on any atom is 0.345 e. The van der Waals surface area contributed by atoms with Crippen LogP contribution in [0.15, 0.2) is 15.5 Å². The van der Waals surface area contributed by atoms with Crippen LogP contribution in [0.25, 0.3) is 0 Å². The number of ether oxygens (including phenoxy) is 1. The molecule has 1 heterocycles. The summed E-state index contributed by atoms with van der Waals surface area (Å²) in [7, 11) is 0. The highest BCUT2D eigenvalue weighted by molar-refractivity contribution is 5.88. The van der Waals surface area contributed by atoms with Crippen molar-refractivity contribution >= 4 is 5.97 Å². The maximum atomic E-state index is 11.5. The van der Waals surface area contributed by atoms with E-state index < -0.39 is 5.97 Å². The van der Waals surface area contributed by atoms with E-state index in [0.29, 0.717) is 11.3 Å². The van der Waals surface area contributed by atoms with Crippen molar-refractivity contribution in [3.8, 4) is 0 Å². The van der Waals surface area contributed by atoms with Crippen LogP contribution in [0.1, 0.15) is 28.6 Å². The summed E-state index contributed by atoms with van der Waals surface area (Å²) in [5.74, 6) is -0.118. The lowest BCUT2D eigenvalue weighted by molar-refractivity contribution is 0.0521. The van der Waals surface area contributed by atoms with Gasteiger partial charge >= 0.3 is 5.97 Å². The predicted molar refractivity (Wildman–Crippen MR) is 50.4 cm³/mol. The van der Waals surface area contributed by atoms with Gasteiger partial charge in [-0.1, -0.05) is 0 Å². The van der Waals surface area contributed by atoms with Crippen molar-refractivity contribution in [1.29, 1.82) is 0 Å². The summed E-state index contributed by atoms with van der Waals surface area (Å²) in [4.78, 5) is 22.8. The molecule has 4 nitrogen and oxygen atoms in total. The first-order chi connectivity index (χ1) is 6.57. The molecule has 0 N–H and O–H groups in total. The smallest absolute Gasteiger partial charge is 0.345 e. The lowest BCUT2D eigenvalue weighted by Crippen LogP contribution is -2.19. The van der Waals surface area contributed by atoms with Gasteiger partial charge < -0.3 is 9.15 Å². The van der Waals surface area contributed by atoms with Crippen molar-refractivity contribution in [3.05, 3.63) is 33.4 Å². The zero-order chi connectivity index (χ0) is 10.7. The first-order valence-electron chi connectivity index (χ1n) is 4.34. The monoisotopic (exact) mass is 196 g/mol. The standard InChI is InChI=1S/C10H12O4/c1-4-13-10(12)8-5-14-7(3)6(2)9(8)11/h5H,4H2,1-3H3. The highest BCUT2D eigenvalue weighted by Crippen LogP contribution is 2.04. The summed E-state index contributed by atoms with van der Waals surface area (Å²) in [5.41, 5.74) is 0.0673. The fourth-order valence-corrected chi connectivity index (χ4v) is 1.00. The lowest BCUT2D eigenvalue weighted by Gasteiger charge is -2.02. The van der Waals surface area contributed by atoms with Crippen molar-refractivity contribution in [2.75, 3.05) is 6.61 Å². The van der Waals surface area contributed by atoms with E-state index in [0.717, 1.165) is 6.26 Å². The molecule has 0 aliphatic rings. The first kappa shape index (κ1) is 10.5. The molecular formula is C10H12O4. The van der Waals surface area contributed by atoms with E-state index >= 15 is 0 Å². The Morgan fingerprint density at radius 2 is 2.14 bits per heavy atom. The maximum absolute atomic E-state index is 11.5. The van der Waals surface area contributed by atoms with E-state index in [1.165, 1.54) is 0 Å². The van der Waals surface area contributed by atoms with Gasteiger partial charge in [0.1, 0.15) is 17.6 Å². The molecule has 0 saturated carbocycles. The number of carbonyl (C=O) groups is 1. The van der Waals surface area contributed by atoms with E-state index in [1.54, 1.807) is 20.8 Å². The highest BCUT2D eigenvalue weighted by atomic mass is 16.5. The van der Waals surface area contributed by atoms with Crippen LogP contribution in [-0.4, -0.2) is 12.6 Å². The molecule has 0 spiro atoms. The molecular weight excluding hydrogens is 184 g/mol. The number of hydrogen-bond donors (Lipinski definition) is 0. The molecule has 0 aliphatic carbocycles. The minimum Gasteiger partial charge on any atom is -0.468 e.